The first kappa shape index (κ1) is 16.1. The Morgan fingerprint density at radius 1 is 1.15 bits per heavy atom. The molecule has 0 atom stereocenters. The van der Waals surface area contributed by atoms with Gasteiger partial charge in [0.1, 0.15) is 0 Å². The Labute approximate surface area is 147 Å². The smallest absolute Gasteiger partial charge is 0.322 e. The van der Waals surface area contributed by atoms with E-state index in [9.17, 15) is 13.6 Å². The minimum absolute atomic E-state index is 0.0935. The summed E-state index contributed by atoms with van der Waals surface area (Å²) in [6, 6.07) is 11.0. The predicted octanol–water partition coefficient (Wildman–Crippen LogP) is 2.21. The molecule has 0 unspecified atom stereocenters. The molecular weight excluding hydrogens is 342 g/mol. The fourth-order valence-corrected chi connectivity index (χ4v) is 2.93. The molecule has 0 spiro atoms. The molecule has 9 heteroatoms. The predicted molar refractivity (Wildman–Crippen MR) is 88.8 cm³/mol. The molecular formula is C17H14F2N6O. The second kappa shape index (κ2) is 6.51. The lowest BCUT2D eigenvalue weighted by molar-refractivity contribution is 0.246. The average molecular weight is 356 g/mol. The number of fused-ring (bicyclic) bond motifs is 1. The van der Waals surface area contributed by atoms with Gasteiger partial charge in [0.25, 0.3) is 0 Å². The first-order chi connectivity index (χ1) is 12.6. The molecule has 2 aromatic carbocycles. The molecule has 3 aromatic rings. The standard InChI is InChI=1S/C17H14F2N6O/c18-13-8-11-6-7-24(15(11)9-14(13)19)17(26)20-10-16-21-22-23-25(16)12-4-2-1-3-5-12/h1-5,8-9H,6-7,10H2,(H,20,26). The summed E-state index contributed by atoms with van der Waals surface area (Å²) in [6.07, 6.45) is 0.474. The number of urea groups is 1. The molecule has 1 aliphatic rings. The van der Waals surface area contributed by atoms with Crippen molar-refractivity contribution in [1.82, 2.24) is 25.5 Å². The Morgan fingerprint density at radius 2 is 1.92 bits per heavy atom. The number of hydrogen-bond donors (Lipinski definition) is 1. The highest BCUT2D eigenvalue weighted by molar-refractivity contribution is 5.94. The van der Waals surface area contributed by atoms with E-state index in [-0.39, 0.29) is 6.54 Å². The highest BCUT2D eigenvalue weighted by Crippen LogP contribution is 2.30. The van der Waals surface area contributed by atoms with Crippen LogP contribution in [0.3, 0.4) is 0 Å². The monoisotopic (exact) mass is 356 g/mol. The minimum Gasteiger partial charge on any atom is -0.330 e. The van der Waals surface area contributed by atoms with E-state index in [2.05, 4.69) is 20.8 Å². The van der Waals surface area contributed by atoms with Crippen LogP contribution in [0.1, 0.15) is 11.4 Å². The first-order valence-corrected chi connectivity index (χ1v) is 7.99. The first-order valence-electron chi connectivity index (χ1n) is 7.99. The van der Waals surface area contributed by atoms with Gasteiger partial charge in [-0.15, -0.1) is 5.10 Å². The van der Waals surface area contributed by atoms with Crippen LogP contribution in [0.4, 0.5) is 19.3 Å². The Bertz CT molecular complexity index is 959. The van der Waals surface area contributed by atoms with Crippen LogP contribution in [0.15, 0.2) is 42.5 Å². The molecule has 0 fully saturated rings. The van der Waals surface area contributed by atoms with Crippen molar-refractivity contribution in [2.24, 2.45) is 0 Å². The molecule has 0 aliphatic carbocycles. The number of tetrazole rings is 1. The molecule has 4 rings (SSSR count). The number of nitrogens with zero attached hydrogens (tertiary/aromatic N) is 5. The molecule has 1 N–H and O–H groups in total. The van der Waals surface area contributed by atoms with Crippen LogP contribution in [0.25, 0.3) is 5.69 Å². The van der Waals surface area contributed by atoms with Crippen molar-refractivity contribution >= 4 is 11.7 Å². The summed E-state index contributed by atoms with van der Waals surface area (Å²) >= 11 is 0. The third-order valence-electron chi connectivity index (χ3n) is 4.19. The maximum atomic E-state index is 13.5. The lowest BCUT2D eigenvalue weighted by Crippen LogP contribution is -2.39. The van der Waals surface area contributed by atoms with Gasteiger partial charge in [-0.3, -0.25) is 4.90 Å². The SMILES string of the molecule is O=C(NCc1nnnn1-c1ccccc1)N1CCc2cc(F)c(F)cc21. The largest absolute Gasteiger partial charge is 0.330 e. The van der Waals surface area contributed by atoms with Gasteiger partial charge in [0.15, 0.2) is 17.5 Å². The van der Waals surface area contributed by atoms with E-state index in [0.717, 1.165) is 17.8 Å². The molecule has 1 aromatic heterocycles. The van der Waals surface area contributed by atoms with Gasteiger partial charge in [0.2, 0.25) is 0 Å². The van der Waals surface area contributed by atoms with E-state index < -0.39 is 17.7 Å². The second-order valence-electron chi connectivity index (χ2n) is 5.80. The second-order valence-corrected chi connectivity index (χ2v) is 5.80. The molecule has 1 aliphatic heterocycles. The van der Waals surface area contributed by atoms with Crippen LogP contribution >= 0.6 is 0 Å². The summed E-state index contributed by atoms with van der Waals surface area (Å²) in [5.74, 6) is -1.43. The number of rotatable bonds is 3. The normalized spacial score (nSPS) is 12.9. The van der Waals surface area contributed by atoms with Gasteiger partial charge in [-0.25, -0.2) is 13.6 Å². The lowest BCUT2D eigenvalue weighted by Gasteiger charge is -2.18. The van der Waals surface area contributed by atoms with E-state index >= 15 is 0 Å². The average Bonchev–Trinajstić information content (AvgIpc) is 3.28. The van der Waals surface area contributed by atoms with Gasteiger partial charge in [-0.2, -0.15) is 4.68 Å². The van der Waals surface area contributed by atoms with Crippen LogP contribution < -0.4 is 10.2 Å². The van der Waals surface area contributed by atoms with E-state index in [1.807, 2.05) is 30.3 Å². The zero-order valence-electron chi connectivity index (χ0n) is 13.6. The van der Waals surface area contributed by atoms with Crippen molar-refractivity contribution in [2.45, 2.75) is 13.0 Å². The summed E-state index contributed by atoms with van der Waals surface area (Å²) < 4.78 is 28.3. The van der Waals surface area contributed by atoms with Crippen molar-refractivity contribution in [3.8, 4) is 5.69 Å². The molecule has 7 nitrogen and oxygen atoms in total. The van der Waals surface area contributed by atoms with E-state index in [1.54, 1.807) is 0 Å². The summed E-state index contributed by atoms with van der Waals surface area (Å²) in [7, 11) is 0. The van der Waals surface area contributed by atoms with Crippen LogP contribution in [-0.4, -0.2) is 32.8 Å². The number of anilines is 1. The molecule has 2 amide bonds. The zero-order valence-corrected chi connectivity index (χ0v) is 13.6. The Kier molecular flexibility index (Phi) is 4.04. The third kappa shape index (κ3) is 2.87. The van der Waals surface area contributed by atoms with Crippen LogP contribution in [0.5, 0.6) is 0 Å². The molecule has 0 saturated heterocycles. The van der Waals surface area contributed by atoms with Gasteiger partial charge < -0.3 is 5.32 Å². The Morgan fingerprint density at radius 3 is 2.73 bits per heavy atom. The number of nitrogens with one attached hydrogen (secondary N) is 1. The van der Waals surface area contributed by atoms with Crippen molar-refractivity contribution < 1.29 is 13.6 Å². The van der Waals surface area contributed by atoms with Gasteiger partial charge in [0, 0.05) is 12.6 Å². The number of aromatic nitrogens is 4. The molecule has 0 radical (unpaired) electrons. The van der Waals surface area contributed by atoms with Crippen molar-refractivity contribution in [3.05, 3.63) is 65.5 Å². The number of halogens is 2. The Balaban J connectivity index is 1.49. The van der Waals surface area contributed by atoms with Gasteiger partial charge in [-0.1, -0.05) is 18.2 Å². The van der Waals surface area contributed by atoms with E-state index in [4.69, 9.17) is 0 Å². The zero-order chi connectivity index (χ0) is 18.1. The molecule has 0 saturated carbocycles. The lowest BCUT2D eigenvalue weighted by atomic mass is 10.1. The highest BCUT2D eigenvalue weighted by atomic mass is 19.2. The number of amides is 2. The minimum atomic E-state index is -0.975. The van der Waals surface area contributed by atoms with Gasteiger partial charge in [-0.05, 0) is 40.6 Å². The summed E-state index contributed by atoms with van der Waals surface area (Å²) in [4.78, 5) is 13.9. The highest BCUT2D eigenvalue weighted by Gasteiger charge is 2.26. The number of hydrogen-bond acceptors (Lipinski definition) is 4. The maximum absolute atomic E-state index is 13.5. The van der Waals surface area contributed by atoms with Gasteiger partial charge >= 0.3 is 6.03 Å². The Hall–Kier alpha value is -3.36. The number of carbonyl (C=O) groups excluding carboxylic acids is 1. The quantitative estimate of drug-likeness (QED) is 0.781. The molecule has 132 valence electrons. The van der Waals surface area contributed by atoms with Crippen LogP contribution in [0.2, 0.25) is 0 Å². The third-order valence-corrected chi connectivity index (χ3v) is 4.19. The van der Waals surface area contributed by atoms with Crippen molar-refractivity contribution in [3.63, 3.8) is 0 Å². The molecule has 2 heterocycles. The fraction of sp³-hybridized carbons (Fsp3) is 0.176. The maximum Gasteiger partial charge on any atom is 0.322 e. The summed E-state index contributed by atoms with van der Waals surface area (Å²) in [5.41, 5.74) is 1.75. The van der Waals surface area contributed by atoms with Gasteiger partial charge in [0.05, 0.1) is 17.9 Å². The fourth-order valence-electron chi connectivity index (χ4n) is 2.93. The molecule has 0 bridgehead atoms. The van der Waals surface area contributed by atoms with Crippen molar-refractivity contribution in [2.75, 3.05) is 11.4 Å². The number of para-hydroxylation sites is 1. The number of benzene rings is 2. The van der Waals surface area contributed by atoms with E-state index in [0.29, 0.717) is 30.0 Å². The summed E-state index contributed by atoms with van der Waals surface area (Å²) in [6.45, 7) is 0.448. The molecule has 26 heavy (non-hydrogen) atoms. The topological polar surface area (TPSA) is 75.9 Å². The van der Waals surface area contributed by atoms with E-state index in [1.165, 1.54) is 9.58 Å². The van der Waals surface area contributed by atoms with Crippen LogP contribution in [0, 0.1) is 11.6 Å². The van der Waals surface area contributed by atoms with Crippen molar-refractivity contribution in [1.29, 1.82) is 0 Å². The number of carbonyl (C=O) groups is 1. The summed E-state index contributed by atoms with van der Waals surface area (Å²) in [5, 5.41) is 14.2. The van der Waals surface area contributed by atoms with Crippen LogP contribution in [-0.2, 0) is 13.0 Å².